The largest absolute Gasteiger partial charge is 0.378 e. The minimum Gasteiger partial charge on any atom is -0.378 e. The van der Waals surface area contributed by atoms with Crippen LogP contribution in [0.2, 0.25) is 0 Å². The van der Waals surface area contributed by atoms with Gasteiger partial charge in [0, 0.05) is 37.1 Å². The fourth-order valence-electron chi connectivity index (χ4n) is 4.76. The van der Waals surface area contributed by atoms with Gasteiger partial charge in [0.25, 0.3) is 0 Å². The number of ether oxygens (including phenoxy) is 1. The Hall–Kier alpha value is -4.14. The fourth-order valence-corrected chi connectivity index (χ4v) is 4.76. The highest BCUT2D eigenvalue weighted by Gasteiger charge is 2.32. The molecule has 190 valence electrons. The average molecular weight is 501 g/mol. The molecule has 1 aromatic carbocycles. The molecule has 4 heterocycles. The summed E-state index contributed by atoms with van der Waals surface area (Å²) in [6.07, 6.45) is 5.35. The lowest BCUT2D eigenvalue weighted by Gasteiger charge is -2.31. The number of hydrogen-bond donors (Lipinski definition) is 1. The Morgan fingerprint density at radius 3 is 2.65 bits per heavy atom. The predicted octanol–water partition coefficient (Wildman–Crippen LogP) is 2.10. The topological polar surface area (TPSA) is 120 Å². The zero-order valence-electron chi connectivity index (χ0n) is 20.9. The first-order chi connectivity index (χ1) is 18.0. The third-order valence-corrected chi connectivity index (χ3v) is 6.90. The smallest absolute Gasteiger partial charge is 0.328 e. The van der Waals surface area contributed by atoms with Crippen molar-refractivity contribution in [3.63, 3.8) is 0 Å². The molecule has 1 N–H and O–H groups in total. The van der Waals surface area contributed by atoms with Crippen molar-refractivity contribution >= 4 is 40.2 Å². The minimum absolute atomic E-state index is 0.267. The molecule has 2 aromatic heterocycles. The summed E-state index contributed by atoms with van der Waals surface area (Å²) in [4.78, 5) is 35.2. The summed E-state index contributed by atoms with van der Waals surface area (Å²) in [7, 11) is 2.14. The van der Waals surface area contributed by atoms with Crippen molar-refractivity contribution < 1.29 is 9.53 Å². The second-order valence-corrected chi connectivity index (χ2v) is 9.44. The number of benzene rings is 1. The van der Waals surface area contributed by atoms with Gasteiger partial charge in [-0.15, -0.1) is 0 Å². The Balaban J connectivity index is 1.49. The van der Waals surface area contributed by atoms with E-state index >= 15 is 0 Å². The lowest BCUT2D eigenvalue weighted by atomic mass is 10.2. The van der Waals surface area contributed by atoms with Crippen molar-refractivity contribution in [2.45, 2.75) is 6.42 Å². The zero-order valence-corrected chi connectivity index (χ0v) is 20.9. The van der Waals surface area contributed by atoms with Crippen LogP contribution < -0.4 is 19.6 Å². The van der Waals surface area contributed by atoms with E-state index in [9.17, 15) is 4.79 Å². The Kier molecular flexibility index (Phi) is 6.94. The van der Waals surface area contributed by atoms with Gasteiger partial charge in [-0.3, -0.25) is 9.28 Å². The third kappa shape index (κ3) is 5.21. The number of fused-ring (bicyclic) bond motifs is 1. The van der Waals surface area contributed by atoms with Crippen LogP contribution in [0.1, 0.15) is 12.0 Å². The van der Waals surface area contributed by atoms with E-state index in [2.05, 4.69) is 44.8 Å². The first-order valence-electron chi connectivity index (χ1n) is 12.4. The van der Waals surface area contributed by atoms with Crippen LogP contribution in [0.25, 0.3) is 10.9 Å². The summed E-state index contributed by atoms with van der Waals surface area (Å²) in [5.74, 6) is 1.99. The van der Waals surface area contributed by atoms with E-state index < -0.39 is 0 Å². The zero-order chi connectivity index (χ0) is 25.8. The van der Waals surface area contributed by atoms with Crippen LogP contribution in [-0.4, -0.2) is 85.4 Å². The van der Waals surface area contributed by atoms with Crippen LogP contribution in [-0.2, 0) is 9.53 Å². The van der Waals surface area contributed by atoms with Crippen molar-refractivity contribution in [2.24, 2.45) is 0 Å². The van der Waals surface area contributed by atoms with Gasteiger partial charge in [-0.05, 0) is 24.3 Å². The maximum Gasteiger partial charge on any atom is 0.328 e. The highest BCUT2D eigenvalue weighted by Crippen LogP contribution is 2.31. The number of quaternary nitrogens is 1. The number of nitrogens with one attached hydrogen (secondary N) is 1. The van der Waals surface area contributed by atoms with Crippen LogP contribution in [0, 0.1) is 11.3 Å². The SMILES string of the molecule is C=CC(=O)Nc1ccc2c(N3CCC[N+](C)(c4ncc(C#N)cn4)CC3)nc(N3CCOCC3)nc2c1. The third-order valence-electron chi connectivity index (χ3n) is 6.90. The predicted molar refractivity (Wildman–Crippen MR) is 142 cm³/mol. The Bertz CT molecular complexity index is 1350. The van der Waals surface area contributed by atoms with Gasteiger partial charge < -0.3 is 19.9 Å². The molecule has 0 aliphatic carbocycles. The molecule has 2 fully saturated rings. The van der Waals surface area contributed by atoms with Crippen molar-refractivity contribution in [1.82, 2.24) is 24.4 Å². The lowest BCUT2D eigenvalue weighted by Crippen LogP contribution is -2.49. The number of amides is 1. The number of carbonyl (C=O) groups excluding carboxylic acids is 1. The quantitative estimate of drug-likeness (QED) is 0.415. The number of nitriles is 1. The van der Waals surface area contributed by atoms with Crippen molar-refractivity contribution in [3.05, 3.63) is 48.8 Å². The number of nitrogens with zero attached hydrogens (tertiary/aromatic N) is 8. The molecule has 1 amide bonds. The number of morpholine rings is 1. The molecule has 0 radical (unpaired) electrons. The fraction of sp³-hybridized carbons (Fsp3) is 0.385. The molecule has 0 spiro atoms. The molecule has 1 atom stereocenters. The summed E-state index contributed by atoms with van der Waals surface area (Å²) < 4.78 is 6.11. The highest BCUT2D eigenvalue weighted by atomic mass is 16.5. The summed E-state index contributed by atoms with van der Waals surface area (Å²) in [5, 5.41) is 12.9. The van der Waals surface area contributed by atoms with Gasteiger partial charge in [0.05, 0.1) is 56.8 Å². The number of aromatic nitrogens is 4. The van der Waals surface area contributed by atoms with Gasteiger partial charge in [-0.25, -0.2) is 4.98 Å². The van der Waals surface area contributed by atoms with Gasteiger partial charge in [0.2, 0.25) is 11.9 Å². The molecule has 37 heavy (non-hydrogen) atoms. The summed E-state index contributed by atoms with van der Waals surface area (Å²) >= 11 is 0. The van der Waals surface area contributed by atoms with E-state index in [0.717, 1.165) is 62.4 Å². The summed E-state index contributed by atoms with van der Waals surface area (Å²) in [6, 6.07) is 7.80. The van der Waals surface area contributed by atoms with E-state index in [1.54, 1.807) is 12.4 Å². The number of carbonyl (C=O) groups is 1. The van der Waals surface area contributed by atoms with Crippen LogP contribution in [0.5, 0.6) is 0 Å². The van der Waals surface area contributed by atoms with Crippen LogP contribution in [0.3, 0.4) is 0 Å². The number of rotatable bonds is 5. The van der Waals surface area contributed by atoms with Crippen LogP contribution >= 0.6 is 0 Å². The molecule has 2 aliphatic rings. The first kappa shape index (κ1) is 24.5. The number of anilines is 3. The van der Waals surface area contributed by atoms with Crippen LogP contribution in [0.4, 0.5) is 23.4 Å². The van der Waals surface area contributed by atoms with E-state index in [0.29, 0.717) is 40.8 Å². The minimum atomic E-state index is -0.267. The molecule has 11 heteroatoms. The normalized spacial score (nSPS) is 20.2. The molecular weight excluding hydrogens is 470 g/mol. The van der Waals surface area contributed by atoms with E-state index in [1.807, 2.05) is 18.2 Å². The van der Waals surface area contributed by atoms with Crippen molar-refractivity contribution in [2.75, 3.05) is 74.6 Å². The van der Waals surface area contributed by atoms with Crippen LogP contribution in [0.15, 0.2) is 43.2 Å². The molecule has 0 bridgehead atoms. The second kappa shape index (κ2) is 10.5. The maximum atomic E-state index is 11.9. The average Bonchev–Trinajstić information content (AvgIpc) is 3.15. The lowest BCUT2D eigenvalue weighted by molar-refractivity contribution is -0.111. The van der Waals surface area contributed by atoms with Gasteiger partial charge in [-0.1, -0.05) is 6.58 Å². The van der Waals surface area contributed by atoms with E-state index in [4.69, 9.17) is 20.0 Å². The summed E-state index contributed by atoms with van der Waals surface area (Å²) in [6.45, 7) is 9.50. The molecule has 2 saturated heterocycles. The molecule has 3 aromatic rings. The number of hydrogen-bond acceptors (Lipinski definition) is 9. The van der Waals surface area contributed by atoms with Gasteiger partial charge in [-0.2, -0.15) is 20.2 Å². The molecular formula is C26H30N9O2+. The highest BCUT2D eigenvalue weighted by molar-refractivity contribution is 6.01. The molecule has 5 rings (SSSR count). The first-order valence-corrected chi connectivity index (χ1v) is 12.4. The van der Waals surface area contributed by atoms with E-state index in [-0.39, 0.29) is 5.91 Å². The number of likely N-dealkylation sites (N-methyl/N-ethyl adjacent to an activating group) is 1. The van der Waals surface area contributed by atoms with E-state index in [1.165, 1.54) is 6.08 Å². The molecule has 1 unspecified atom stereocenters. The van der Waals surface area contributed by atoms with Gasteiger partial charge in [0.15, 0.2) is 0 Å². The second-order valence-electron chi connectivity index (χ2n) is 9.44. The monoisotopic (exact) mass is 500 g/mol. The van der Waals surface area contributed by atoms with Crippen molar-refractivity contribution in [3.8, 4) is 6.07 Å². The maximum absolute atomic E-state index is 11.9. The van der Waals surface area contributed by atoms with Crippen molar-refractivity contribution in [1.29, 1.82) is 5.26 Å². The molecule has 0 saturated carbocycles. The van der Waals surface area contributed by atoms with Gasteiger partial charge in [0.1, 0.15) is 18.4 Å². The van der Waals surface area contributed by atoms with Gasteiger partial charge >= 0.3 is 5.95 Å². The summed E-state index contributed by atoms with van der Waals surface area (Å²) in [5.41, 5.74) is 1.89. The standard InChI is InChI=1S/C26H29N9O2/c1-3-23(36)30-20-5-6-21-22(15-20)31-25(34-9-13-37-14-10-34)32-24(21)33-7-4-11-35(2,12-8-33)26-28-17-19(16-27)18-29-26/h3,5-6,15,17-18H,1,4,7-14H2,2H3/p+1. The molecule has 2 aliphatic heterocycles. The Morgan fingerprint density at radius 2 is 1.92 bits per heavy atom. The Labute approximate surface area is 215 Å². The Morgan fingerprint density at radius 1 is 1.14 bits per heavy atom. The molecule has 11 nitrogen and oxygen atoms in total.